The van der Waals surface area contributed by atoms with Crippen molar-refractivity contribution < 1.29 is 9.84 Å². The second-order valence-corrected chi connectivity index (χ2v) is 4.23. The Hall–Kier alpha value is -1.80. The zero-order chi connectivity index (χ0) is 12.3. The van der Waals surface area contributed by atoms with Crippen LogP contribution >= 0.6 is 0 Å². The van der Waals surface area contributed by atoms with Crippen molar-refractivity contribution in [2.24, 2.45) is 0 Å². The zero-order valence-electron chi connectivity index (χ0n) is 10.1. The second kappa shape index (κ2) is 5.02. The number of hydrogen-bond acceptors (Lipinski definition) is 2. The van der Waals surface area contributed by atoms with Gasteiger partial charge in [0.25, 0.3) is 0 Å². The van der Waals surface area contributed by atoms with Crippen molar-refractivity contribution in [3.8, 4) is 11.5 Å². The first-order valence-electron chi connectivity index (χ1n) is 5.63. The van der Waals surface area contributed by atoms with Gasteiger partial charge in [-0.05, 0) is 54.8 Å². The second-order valence-electron chi connectivity index (χ2n) is 4.23. The SMILES string of the molecule is Cc1cc(C)cc(Oc2ccc(CO)cc2)c1. The van der Waals surface area contributed by atoms with Gasteiger partial charge in [-0.25, -0.2) is 0 Å². The first kappa shape index (κ1) is 11.7. The Balaban J connectivity index is 2.19. The van der Waals surface area contributed by atoms with Crippen LogP contribution in [0.25, 0.3) is 0 Å². The van der Waals surface area contributed by atoms with Gasteiger partial charge in [-0.15, -0.1) is 0 Å². The van der Waals surface area contributed by atoms with Crippen molar-refractivity contribution in [1.82, 2.24) is 0 Å². The van der Waals surface area contributed by atoms with Crippen molar-refractivity contribution in [2.45, 2.75) is 20.5 Å². The molecule has 0 saturated heterocycles. The van der Waals surface area contributed by atoms with Crippen LogP contribution in [0.4, 0.5) is 0 Å². The van der Waals surface area contributed by atoms with Gasteiger partial charge in [0.05, 0.1) is 6.61 Å². The number of aliphatic hydroxyl groups excluding tert-OH is 1. The summed E-state index contributed by atoms with van der Waals surface area (Å²) in [7, 11) is 0. The minimum atomic E-state index is 0.0594. The van der Waals surface area contributed by atoms with Gasteiger partial charge >= 0.3 is 0 Å². The van der Waals surface area contributed by atoms with Gasteiger partial charge in [0.15, 0.2) is 0 Å². The molecule has 0 aliphatic carbocycles. The molecule has 0 unspecified atom stereocenters. The molecule has 0 radical (unpaired) electrons. The molecule has 0 fully saturated rings. The summed E-state index contributed by atoms with van der Waals surface area (Å²) in [6, 6.07) is 13.6. The van der Waals surface area contributed by atoms with Crippen LogP contribution in [0, 0.1) is 13.8 Å². The highest BCUT2D eigenvalue weighted by Crippen LogP contribution is 2.23. The summed E-state index contributed by atoms with van der Waals surface area (Å²) in [5.41, 5.74) is 3.26. The Labute approximate surface area is 101 Å². The topological polar surface area (TPSA) is 29.5 Å². The third kappa shape index (κ3) is 3.08. The van der Waals surface area contributed by atoms with Crippen molar-refractivity contribution in [2.75, 3.05) is 0 Å². The van der Waals surface area contributed by atoms with Gasteiger partial charge in [0.1, 0.15) is 11.5 Å². The smallest absolute Gasteiger partial charge is 0.127 e. The molecule has 0 spiro atoms. The normalized spacial score (nSPS) is 10.3. The lowest BCUT2D eigenvalue weighted by molar-refractivity contribution is 0.281. The molecule has 0 saturated carbocycles. The van der Waals surface area contributed by atoms with Gasteiger partial charge in [0, 0.05) is 0 Å². The molecule has 0 heterocycles. The van der Waals surface area contributed by atoms with Crippen molar-refractivity contribution in [3.63, 3.8) is 0 Å². The van der Waals surface area contributed by atoms with Crippen molar-refractivity contribution >= 4 is 0 Å². The largest absolute Gasteiger partial charge is 0.457 e. The molecule has 0 aliphatic rings. The Bertz CT molecular complexity index is 481. The van der Waals surface area contributed by atoms with Crippen LogP contribution in [0.5, 0.6) is 11.5 Å². The lowest BCUT2D eigenvalue weighted by Crippen LogP contribution is -1.88. The van der Waals surface area contributed by atoms with E-state index in [0.29, 0.717) is 0 Å². The van der Waals surface area contributed by atoms with Gasteiger partial charge in [-0.3, -0.25) is 0 Å². The maximum Gasteiger partial charge on any atom is 0.127 e. The van der Waals surface area contributed by atoms with Crippen LogP contribution in [-0.4, -0.2) is 5.11 Å². The molecule has 2 heteroatoms. The summed E-state index contributed by atoms with van der Waals surface area (Å²) in [4.78, 5) is 0. The Morgan fingerprint density at radius 3 is 2.00 bits per heavy atom. The minimum Gasteiger partial charge on any atom is -0.457 e. The standard InChI is InChI=1S/C15H16O2/c1-11-7-12(2)9-15(8-11)17-14-5-3-13(10-16)4-6-14/h3-9,16H,10H2,1-2H3. The fourth-order valence-corrected chi connectivity index (χ4v) is 1.79. The molecule has 0 aromatic heterocycles. The van der Waals surface area contributed by atoms with Crippen LogP contribution < -0.4 is 4.74 Å². The molecule has 2 rings (SSSR count). The van der Waals surface area contributed by atoms with Crippen LogP contribution in [0.2, 0.25) is 0 Å². The summed E-state index contributed by atoms with van der Waals surface area (Å²) in [6.07, 6.45) is 0. The van der Waals surface area contributed by atoms with E-state index in [0.717, 1.165) is 17.1 Å². The van der Waals surface area contributed by atoms with Crippen molar-refractivity contribution in [3.05, 3.63) is 59.2 Å². The van der Waals surface area contributed by atoms with E-state index in [1.807, 2.05) is 36.4 Å². The molecule has 0 bridgehead atoms. The van der Waals surface area contributed by atoms with E-state index in [9.17, 15) is 0 Å². The first-order chi connectivity index (χ1) is 8.17. The number of hydrogen-bond donors (Lipinski definition) is 1. The maximum absolute atomic E-state index is 8.95. The molecule has 1 N–H and O–H groups in total. The third-order valence-corrected chi connectivity index (χ3v) is 2.54. The molecule has 88 valence electrons. The Morgan fingerprint density at radius 1 is 0.882 bits per heavy atom. The highest BCUT2D eigenvalue weighted by atomic mass is 16.5. The summed E-state index contributed by atoms with van der Waals surface area (Å²) in [6.45, 7) is 4.16. The lowest BCUT2D eigenvalue weighted by Gasteiger charge is -2.08. The maximum atomic E-state index is 8.95. The van der Waals surface area contributed by atoms with Gasteiger partial charge in [-0.2, -0.15) is 0 Å². The molecular weight excluding hydrogens is 212 g/mol. The van der Waals surface area contributed by atoms with Gasteiger partial charge in [0.2, 0.25) is 0 Å². The van der Waals surface area contributed by atoms with Gasteiger partial charge in [-0.1, -0.05) is 18.2 Å². The van der Waals surface area contributed by atoms with E-state index in [4.69, 9.17) is 9.84 Å². The van der Waals surface area contributed by atoms with Crippen molar-refractivity contribution in [1.29, 1.82) is 0 Å². The van der Waals surface area contributed by atoms with Crippen LogP contribution in [-0.2, 0) is 6.61 Å². The quantitative estimate of drug-likeness (QED) is 0.870. The zero-order valence-corrected chi connectivity index (χ0v) is 10.1. The molecule has 0 amide bonds. The van der Waals surface area contributed by atoms with Gasteiger partial charge < -0.3 is 9.84 Å². The van der Waals surface area contributed by atoms with Crippen LogP contribution in [0.3, 0.4) is 0 Å². The fourth-order valence-electron chi connectivity index (χ4n) is 1.79. The predicted octanol–water partition coefficient (Wildman–Crippen LogP) is 3.59. The fraction of sp³-hybridized carbons (Fsp3) is 0.200. The lowest BCUT2D eigenvalue weighted by atomic mass is 10.1. The summed E-state index contributed by atoms with van der Waals surface area (Å²) >= 11 is 0. The molecular formula is C15H16O2. The summed E-state index contributed by atoms with van der Waals surface area (Å²) < 4.78 is 5.76. The molecule has 0 atom stereocenters. The number of aryl methyl sites for hydroxylation is 2. The highest BCUT2D eigenvalue weighted by molar-refractivity contribution is 5.37. The first-order valence-corrected chi connectivity index (χ1v) is 5.63. The number of rotatable bonds is 3. The van der Waals surface area contributed by atoms with E-state index in [1.165, 1.54) is 11.1 Å². The summed E-state index contributed by atoms with van der Waals surface area (Å²) in [5, 5.41) is 8.95. The number of aliphatic hydroxyl groups is 1. The van der Waals surface area contributed by atoms with E-state index in [2.05, 4.69) is 19.9 Å². The van der Waals surface area contributed by atoms with E-state index in [-0.39, 0.29) is 6.61 Å². The number of benzene rings is 2. The summed E-state index contributed by atoms with van der Waals surface area (Å²) in [5.74, 6) is 1.63. The number of ether oxygens (including phenoxy) is 1. The Kier molecular flexibility index (Phi) is 3.45. The van der Waals surface area contributed by atoms with Crippen LogP contribution in [0.1, 0.15) is 16.7 Å². The predicted molar refractivity (Wildman–Crippen MR) is 68.4 cm³/mol. The molecule has 0 aliphatic heterocycles. The van der Waals surface area contributed by atoms with E-state index in [1.54, 1.807) is 0 Å². The molecule has 2 aromatic rings. The third-order valence-electron chi connectivity index (χ3n) is 2.54. The van der Waals surface area contributed by atoms with E-state index < -0.39 is 0 Å². The highest BCUT2D eigenvalue weighted by Gasteiger charge is 1.99. The van der Waals surface area contributed by atoms with Crippen LogP contribution in [0.15, 0.2) is 42.5 Å². The minimum absolute atomic E-state index is 0.0594. The molecule has 17 heavy (non-hydrogen) atoms. The Morgan fingerprint density at radius 2 is 1.47 bits per heavy atom. The van der Waals surface area contributed by atoms with E-state index >= 15 is 0 Å². The average Bonchev–Trinajstić information content (AvgIpc) is 2.28. The molecule has 2 nitrogen and oxygen atoms in total. The monoisotopic (exact) mass is 228 g/mol. The molecule has 2 aromatic carbocycles. The average molecular weight is 228 g/mol.